The lowest BCUT2D eigenvalue weighted by molar-refractivity contribution is -0.135. The van der Waals surface area contributed by atoms with Gasteiger partial charge in [-0.25, -0.2) is 9.36 Å². The second-order valence-electron chi connectivity index (χ2n) is 9.24. The van der Waals surface area contributed by atoms with E-state index in [0.29, 0.717) is 39.3 Å². The van der Waals surface area contributed by atoms with Gasteiger partial charge in [-0.3, -0.25) is 24.5 Å². The molecule has 0 saturated carbocycles. The molecule has 0 radical (unpaired) electrons. The minimum atomic E-state index is -4.76. The molecule has 0 saturated heterocycles. The molecule has 0 aromatic rings. The van der Waals surface area contributed by atoms with Crippen LogP contribution in [-0.2, 0) is 13.9 Å². The maximum absolute atomic E-state index is 9.89. The van der Waals surface area contributed by atoms with Gasteiger partial charge >= 0.3 is 13.8 Å². The molecule has 0 aliphatic carbocycles. The number of carboxylic acids is 1. The summed E-state index contributed by atoms with van der Waals surface area (Å²) in [6.07, 6.45) is 6.90. The Bertz CT molecular complexity index is 579. The van der Waals surface area contributed by atoms with Gasteiger partial charge in [0.25, 0.3) is 0 Å². The first-order valence-electron chi connectivity index (χ1n) is 14.9. The molecule has 0 unspecified atom stereocenters. The highest BCUT2D eigenvalue weighted by Gasteiger charge is 2.20. The van der Waals surface area contributed by atoms with Crippen molar-refractivity contribution in [2.75, 3.05) is 98.5 Å². The van der Waals surface area contributed by atoms with Crippen LogP contribution in [0.4, 0.5) is 0 Å². The van der Waals surface area contributed by atoms with Crippen molar-refractivity contribution in [2.45, 2.75) is 59.3 Å². The molecule has 0 amide bonds. The first-order valence-corrected chi connectivity index (χ1v) is 16.4. The monoisotopic (exact) mass is 651 g/mol. The molecule has 0 aliphatic heterocycles. The smallest absolute Gasteiger partial charge is 0.475 e. The van der Waals surface area contributed by atoms with E-state index < -0.39 is 19.6 Å². The van der Waals surface area contributed by atoms with Gasteiger partial charge in [0.05, 0.1) is 39.6 Å². The Hall–Kier alpha value is -1.20. The SMILES string of the molecule is C=C(OP(=O)(O)O)C(=O)O.CCCCN(CCO)CCO.CCCCN(CCO)CCO.CCCCN(CCO)CCO. The number of hydrogen-bond donors (Lipinski definition) is 9. The molecular formula is C27H62N3O12P. The van der Waals surface area contributed by atoms with Gasteiger partial charge in [-0.2, -0.15) is 0 Å². The molecule has 0 rings (SSSR count). The molecule has 0 heterocycles. The minimum absolute atomic E-state index is 0.184. The Kier molecular flexibility index (Phi) is 41.9. The van der Waals surface area contributed by atoms with E-state index in [1.54, 1.807) is 0 Å². The van der Waals surface area contributed by atoms with Crippen molar-refractivity contribution in [3.63, 3.8) is 0 Å². The molecule has 0 bridgehead atoms. The summed E-state index contributed by atoms with van der Waals surface area (Å²) >= 11 is 0. The lowest BCUT2D eigenvalue weighted by atomic mass is 10.3. The molecule has 0 fully saturated rings. The van der Waals surface area contributed by atoms with Gasteiger partial charge in [-0.1, -0.05) is 40.0 Å². The van der Waals surface area contributed by atoms with Gasteiger partial charge in [0, 0.05) is 39.3 Å². The second-order valence-corrected chi connectivity index (χ2v) is 10.4. The van der Waals surface area contributed by atoms with Gasteiger partial charge in [0.1, 0.15) is 0 Å². The van der Waals surface area contributed by atoms with Crippen molar-refractivity contribution >= 4 is 13.8 Å². The van der Waals surface area contributed by atoms with Crippen molar-refractivity contribution in [1.29, 1.82) is 0 Å². The highest BCUT2D eigenvalue weighted by molar-refractivity contribution is 7.46. The second kappa shape index (κ2) is 37.0. The highest BCUT2D eigenvalue weighted by atomic mass is 31.2. The average molecular weight is 652 g/mol. The number of aliphatic hydroxyl groups is 6. The summed E-state index contributed by atoms with van der Waals surface area (Å²) in [6.45, 7) is 17.3. The Morgan fingerprint density at radius 3 is 0.930 bits per heavy atom. The summed E-state index contributed by atoms with van der Waals surface area (Å²) in [4.78, 5) is 32.0. The normalized spacial score (nSPS) is 10.8. The molecular weight excluding hydrogens is 589 g/mol. The summed E-state index contributed by atoms with van der Waals surface area (Å²) in [5, 5.41) is 59.8. The van der Waals surface area contributed by atoms with E-state index in [4.69, 9.17) is 45.5 Å². The van der Waals surface area contributed by atoms with Gasteiger partial charge < -0.3 is 40.3 Å². The van der Waals surface area contributed by atoms with E-state index in [9.17, 15) is 9.36 Å². The van der Waals surface area contributed by atoms with Crippen molar-refractivity contribution in [2.24, 2.45) is 0 Å². The molecule has 0 aromatic carbocycles. The average Bonchev–Trinajstić information content (AvgIpc) is 2.94. The lowest BCUT2D eigenvalue weighted by Crippen LogP contribution is -2.30. The van der Waals surface area contributed by atoms with Crippen LogP contribution in [0.2, 0.25) is 0 Å². The number of nitrogens with zero attached hydrogens (tertiary/aromatic N) is 3. The number of phosphoric acid groups is 1. The van der Waals surface area contributed by atoms with E-state index >= 15 is 0 Å². The number of phosphoric ester groups is 1. The number of aliphatic carboxylic acids is 1. The molecule has 9 N–H and O–H groups in total. The van der Waals surface area contributed by atoms with Crippen LogP contribution in [0.3, 0.4) is 0 Å². The van der Waals surface area contributed by atoms with E-state index in [2.05, 4.69) is 46.6 Å². The third-order valence-corrected chi connectivity index (χ3v) is 5.91. The Morgan fingerprint density at radius 1 is 0.581 bits per heavy atom. The molecule has 0 aliphatic rings. The third-order valence-electron chi connectivity index (χ3n) is 5.45. The Labute approximate surface area is 258 Å². The maximum atomic E-state index is 9.89. The standard InChI is InChI=1S/3C8H19NO2.C3H5O6P/c3*1-2-3-4-9(5-7-10)6-8-11;1-2(3(4)5)9-10(6,7)8/h3*10-11H,2-8H2,1H3;1H2,(H,4,5)(H2,6,7,8). The fourth-order valence-corrected chi connectivity index (χ4v) is 3.55. The van der Waals surface area contributed by atoms with Gasteiger partial charge in [-0.15, -0.1) is 0 Å². The molecule has 0 atom stereocenters. The van der Waals surface area contributed by atoms with Crippen molar-refractivity contribution in [3.05, 3.63) is 12.3 Å². The van der Waals surface area contributed by atoms with E-state index in [1.165, 1.54) is 0 Å². The summed E-state index contributed by atoms with van der Waals surface area (Å²) in [5.41, 5.74) is 0. The third kappa shape index (κ3) is 43.0. The molecule has 0 aromatic heterocycles. The number of carboxylic acid groups (broad SMARTS) is 1. The Morgan fingerprint density at radius 2 is 0.814 bits per heavy atom. The zero-order chi connectivity index (χ0) is 33.9. The van der Waals surface area contributed by atoms with Crippen LogP contribution in [0.15, 0.2) is 12.3 Å². The topological polar surface area (TPSA) is 235 Å². The largest absolute Gasteiger partial charge is 0.525 e. The molecule has 43 heavy (non-hydrogen) atoms. The van der Waals surface area contributed by atoms with Crippen LogP contribution in [0.25, 0.3) is 0 Å². The number of rotatable bonds is 24. The number of carbonyl (C=O) groups is 1. The van der Waals surface area contributed by atoms with Crippen LogP contribution in [0.1, 0.15) is 59.3 Å². The van der Waals surface area contributed by atoms with Crippen LogP contribution in [0, 0.1) is 0 Å². The fourth-order valence-electron chi connectivity index (χ4n) is 3.18. The highest BCUT2D eigenvalue weighted by Crippen LogP contribution is 2.38. The van der Waals surface area contributed by atoms with Gasteiger partial charge in [-0.05, 0) is 45.5 Å². The predicted octanol–water partition coefficient (Wildman–Crippen LogP) is -0.0867. The van der Waals surface area contributed by atoms with E-state index in [0.717, 1.165) is 58.2 Å². The number of aliphatic hydroxyl groups excluding tert-OH is 6. The van der Waals surface area contributed by atoms with E-state index in [1.807, 2.05) is 0 Å². The van der Waals surface area contributed by atoms with Gasteiger partial charge in [0.2, 0.25) is 5.76 Å². The van der Waals surface area contributed by atoms with E-state index in [-0.39, 0.29) is 39.6 Å². The molecule has 16 heteroatoms. The quantitative estimate of drug-likeness (QED) is 0.0377. The zero-order valence-corrected chi connectivity index (χ0v) is 27.5. The summed E-state index contributed by atoms with van der Waals surface area (Å²) in [6, 6.07) is 0. The Balaban J connectivity index is -0.000000236. The van der Waals surface area contributed by atoms with Crippen LogP contribution in [-0.4, -0.2) is 165 Å². The summed E-state index contributed by atoms with van der Waals surface area (Å²) < 4.78 is 13.5. The zero-order valence-electron chi connectivity index (χ0n) is 26.6. The van der Waals surface area contributed by atoms with Crippen LogP contribution in [0.5, 0.6) is 0 Å². The maximum Gasteiger partial charge on any atom is 0.525 e. The van der Waals surface area contributed by atoms with Crippen LogP contribution >= 0.6 is 7.82 Å². The minimum Gasteiger partial charge on any atom is -0.475 e. The summed E-state index contributed by atoms with van der Waals surface area (Å²) in [5.74, 6) is -2.59. The van der Waals surface area contributed by atoms with Crippen molar-refractivity contribution in [3.8, 4) is 0 Å². The first-order chi connectivity index (χ1) is 20.4. The van der Waals surface area contributed by atoms with Crippen molar-refractivity contribution < 1.29 is 59.4 Å². The number of hydrogen-bond acceptors (Lipinski definition) is 12. The molecule has 262 valence electrons. The predicted molar refractivity (Wildman–Crippen MR) is 166 cm³/mol. The van der Waals surface area contributed by atoms with Crippen LogP contribution < -0.4 is 0 Å². The first kappa shape index (κ1) is 48.7. The number of unbranched alkanes of at least 4 members (excludes halogenated alkanes) is 3. The summed E-state index contributed by atoms with van der Waals surface area (Å²) in [7, 11) is -4.76. The fraction of sp³-hybridized carbons (Fsp3) is 0.889. The van der Waals surface area contributed by atoms with Crippen molar-refractivity contribution in [1.82, 2.24) is 14.7 Å². The molecule has 0 spiro atoms. The molecule has 15 nitrogen and oxygen atoms in total. The van der Waals surface area contributed by atoms with Gasteiger partial charge in [0.15, 0.2) is 0 Å². The lowest BCUT2D eigenvalue weighted by Gasteiger charge is -2.19.